The third-order valence-corrected chi connectivity index (χ3v) is 4.93. The number of Topliss-reactive ketones (excluding diaryl/α,β-unsaturated/α-hetero) is 2. The van der Waals surface area contributed by atoms with Crippen molar-refractivity contribution in [3.05, 3.63) is 6.42 Å². The molecule has 0 spiro atoms. The van der Waals surface area contributed by atoms with E-state index in [9.17, 15) is 9.59 Å². The predicted octanol–water partition coefficient (Wildman–Crippen LogP) is 1.80. The van der Waals surface area contributed by atoms with Gasteiger partial charge < -0.3 is 4.74 Å². The maximum Gasteiger partial charge on any atom is 1.00 e. The van der Waals surface area contributed by atoms with E-state index in [0.717, 1.165) is 0 Å². The fourth-order valence-corrected chi connectivity index (χ4v) is 3.42. The van der Waals surface area contributed by atoms with Crippen LogP contribution in [-0.4, -0.2) is 23.8 Å². The molecular formula is C13H19O3Ru. The van der Waals surface area contributed by atoms with Crippen molar-refractivity contribution in [1.82, 2.24) is 0 Å². The van der Waals surface area contributed by atoms with E-state index < -0.39 is 10.8 Å². The molecular weight excluding hydrogens is 305 g/mol. The molecule has 97 valence electrons. The van der Waals surface area contributed by atoms with Crippen molar-refractivity contribution in [1.29, 1.82) is 0 Å². The number of ether oxygens (including phenoxy) is 1. The molecule has 2 bridgehead atoms. The van der Waals surface area contributed by atoms with E-state index in [1.54, 1.807) is 13.8 Å². The first-order valence-corrected chi connectivity index (χ1v) is 5.78. The molecule has 0 aromatic heterocycles. The van der Waals surface area contributed by atoms with Gasteiger partial charge in [0.15, 0.2) is 0 Å². The molecule has 2 fully saturated rings. The first-order chi connectivity index (χ1) is 7.26. The van der Waals surface area contributed by atoms with Gasteiger partial charge in [-0.25, -0.2) is 0 Å². The molecule has 2 rings (SSSR count). The Labute approximate surface area is 115 Å². The summed E-state index contributed by atoms with van der Waals surface area (Å²) in [5, 5.41) is 0. The van der Waals surface area contributed by atoms with Gasteiger partial charge in [-0.05, 0) is 20.8 Å². The van der Waals surface area contributed by atoms with E-state index in [0.29, 0.717) is 0 Å². The number of carbonyl (C=O) groups is 2. The largest absolute Gasteiger partial charge is 1.00 e. The van der Waals surface area contributed by atoms with Crippen LogP contribution in [0, 0.1) is 23.2 Å². The summed E-state index contributed by atoms with van der Waals surface area (Å²) in [6, 6.07) is 0. The number of hydrogen-bond donors (Lipinski definition) is 0. The first-order valence-electron chi connectivity index (χ1n) is 5.78. The molecule has 0 aromatic carbocycles. The molecule has 0 aromatic rings. The van der Waals surface area contributed by atoms with E-state index in [1.807, 2.05) is 20.8 Å². The van der Waals surface area contributed by atoms with E-state index in [-0.39, 0.29) is 49.2 Å². The molecule has 0 amide bonds. The topological polar surface area (TPSA) is 43.4 Å². The van der Waals surface area contributed by atoms with Gasteiger partial charge in [0.1, 0.15) is 11.6 Å². The third kappa shape index (κ3) is 1.53. The maximum absolute atomic E-state index is 12.0. The average Bonchev–Trinajstić information content (AvgIpc) is 2.65. The van der Waals surface area contributed by atoms with E-state index in [1.165, 1.54) is 0 Å². The molecule has 5 unspecified atom stereocenters. The molecule has 2 aliphatic rings. The number of carbonyl (C=O) groups excluding carboxylic acids is 2. The summed E-state index contributed by atoms with van der Waals surface area (Å²) in [5.41, 5.74) is -1.38. The van der Waals surface area contributed by atoms with Crippen molar-refractivity contribution in [2.24, 2.45) is 16.7 Å². The van der Waals surface area contributed by atoms with Gasteiger partial charge in [0.25, 0.3) is 0 Å². The fraction of sp³-hybridized carbons (Fsp3) is 0.769. The monoisotopic (exact) mass is 325 g/mol. The van der Waals surface area contributed by atoms with Crippen molar-refractivity contribution in [3.8, 4) is 0 Å². The Morgan fingerprint density at radius 3 is 2.00 bits per heavy atom. The quantitative estimate of drug-likeness (QED) is 0.575. The van der Waals surface area contributed by atoms with Crippen molar-refractivity contribution in [2.75, 3.05) is 0 Å². The number of rotatable bonds is 2. The SMILES string of the molecule is CC(=O)C1(C)C2[CH-]C(C)C(O2)C1(C)C(C)=O.[Ru+]. The molecule has 17 heavy (non-hydrogen) atoms. The molecule has 0 saturated carbocycles. The number of ketones is 2. The predicted molar refractivity (Wildman–Crippen MR) is 59.7 cm³/mol. The van der Waals surface area contributed by atoms with E-state index in [2.05, 4.69) is 6.42 Å². The molecule has 5 atom stereocenters. The van der Waals surface area contributed by atoms with Crippen molar-refractivity contribution >= 4 is 11.6 Å². The van der Waals surface area contributed by atoms with Gasteiger partial charge in [0.05, 0.1) is 5.41 Å². The normalized spacial score (nSPS) is 47.7. The van der Waals surface area contributed by atoms with Gasteiger partial charge in [-0.1, -0.05) is 20.0 Å². The van der Waals surface area contributed by atoms with E-state index >= 15 is 0 Å². The van der Waals surface area contributed by atoms with Crippen LogP contribution in [-0.2, 0) is 33.8 Å². The first kappa shape index (κ1) is 15.0. The second-order valence-electron chi connectivity index (χ2n) is 5.55. The Morgan fingerprint density at radius 2 is 1.59 bits per heavy atom. The summed E-state index contributed by atoms with van der Waals surface area (Å²) in [6.07, 6.45) is 1.71. The second-order valence-corrected chi connectivity index (χ2v) is 5.55. The maximum atomic E-state index is 12.0. The van der Waals surface area contributed by atoms with Gasteiger partial charge in [0, 0.05) is 11.5 Å². The average molecular weight is 324 g/mol. The van der Waals surface area contributed by atoms with Crippen LogP contribution < -0.4 is 0 Å². The molecule has 2 saturated heterocycles. The number of fused-ring (bicyclic) bond motifs is 2. The van der Waals surface area contributed by atoms with Crippen LogP contribution in [0.2, 0.25) is 0 Å². The summed E-state index contributed by atoms with van der Waals surface area (Å²) >= 11 is 0. The van der Waals surface area contributed by atoms with Crippen molar-refractivity contribution < 1.29 is 33.8 Å². The Morgan fingerprint density at radius 1 is 1.12 bits per heavy atom. The summed E-state index contributed by atoms with van der Waals surface area (Å²) < 4.78 is 5.84. The molecule has 2 heterocycles. The zero-order chi connectivity index (χ0) is 12.3. The minimum atomic E-state index is -0.698. The van der Waals surface area contributed by atoms with E-state index in [4.69, 9.17) is 4.74 Å². The standard InChI is InChI=1S/C13H19O3.Ru/c1-7-6-10-12(4,8(2)14)13(5,9(3)15)11(7)16-10;/h6-7,10-11H,1-5H3;/q-1;+1. The zero-order valence-corrected chi connectivity index (χ0v) is 12.6. The van der Waals surface area contributed by atoms with Gasteiger partial charge in [-0.15, -0.1) is 5.92 Å². The summed E-state index contributed by atoms with van der Waals surface area (Å²) in [6.45, 7) is 8.92. The van der Waals surface area contributed by atoms with Crippen LogP contribution in [0.15, 0.2) is 0 Å². The van der Waals surface area contributed by atoms with Crippen LogP contribution in [0.25, 0.3) is 0 Å². The zero-order valence-electron chi connectivity index (χ0n) is 10.9. The molecule has 0 N–H and O–H groups in total. The molecule has 0 aliphatic carbocycles. The molecule has 4 heteroatoms. The van der Waals surface area contributed by atoms with Crippen LogP contribution in [0.3, 0.4) is 0 Å². The Balaban J connectivity index is 0.00000144. The van der Waals surface area contributed by atoms with Crippen molar-refractivity contribution in [3.63, 3.8) is 0 Å². The van der Waals surface area contributed by atoms with Crippen molar-refractivity contribution in [2.45, 2.75) is 46.8 Å². The Hall–Kier alpha value is -0.0766. The van der Waals surface area contributed by atoms with Gasteiger partial charge >= 0.3 is 19.5 Å². The summed E-state index contributed by atoms with van der Waals surface area (Å²) in [5.74, 6) is 0.338. The van der Waals surface area contributed by atoms with Gasteiger partial charge in [-0.3, -0.25) is 16.0 Å². The minimum absolute atomic E-state index is 0. The molecule has 3 nitrogen and oxygen atoms in total. The van der Waals surface area contributed by atoms with Gasteiger partial charge in [-0.2, -0.15) is 0 Å². The van der Waals surface area contributed by atoms with Crippen LogP contribution in [0.4, 0.5) is 0 Å². The Kier molecular flexibility index (Phi) is 3.74. The second kappa shape index (κ2) is 4.24. The Bertz CT molecular complexity index is 368. The molecule has 1 radical (unpaired) electrons. The smallest absolute Gasteiger partial charge is 0.407 e. The summed E-state index contributed by atoms with van der Waals surface area (Å²) in [7, 11) is 0. The summed E-state index contributed by atoms with van der Waals surface area (Å²) in [4.78, 5) is 23.9. The molecule has 2 aliphatic heterocycles. The van der Waals surface area contributed by atoms with Gasteiger partial charge in [0.2, 0.25) is 0 Å². The van der Waals surface area contributed by atoms with Crippen LogP contribution in [0.5, 0.6) is 0 Å². The van der Waals surface area contributed by atoms with Crippen LogP contribution in [0.1, 0.15) is 34.6 Å². The van der Waals surface area contributed by atoms with Crippen LogP contribution >= 0.6 is 0 Å². The minimum Gasteiger partial charge on any atom is -0.407 e. The third-order valence-electron chi connectivity index (χ3n) is 4.93. The number of hydrogen-bond acceptors (Lipinski definition) is 3. The fourth-order valence-electron chi connectivity index (χ4n) is 3.42.